The molecule has 0 unspecified atom stereocenters. The predicted octanol–water partition coefficient (Wildman–Crippen LogP) is 2.30. The lowest BCUT2D eigenvalue weighted by atomic mass is 10.1. The number of hydrogen-bond donors (Lipinski definition) is 1. The van der Waals surface area contributed by atoms with E-state index < -0.39 is 0 Å². The van der Waals surface area contributed by atoms with Crippen molar-refractivity contribution in [3.05, 3.63) is 29.6 Å². The fraction of sp³-hybridized carbons (Fsp3) is 0.722. The fourth-order valence-corrected chi connectivity index (χ4v) is 3.06. The summed E-state index contributed by atoms with van der Waals surface area (Å²) in [5, 5.41) is 13.8. The van der Waals surface area contributed by atoms with Crippen LogP contribution in [0.3, 0.4) is 0 Å². The molecule has 0 bridgehead atoms. The van der Waals surface area contributed by atoms with Crippen LogP contribution in [0.25, 0.3) is 0 Å². The molecule has 130 valence electrons. The van der Waals surface area contributed by atoms with Gasteiger partial charge in [0.15, 0.2) is 0 Å². The van der Waals surface area contributed by atoms with Crippen molar-refractivity contribution in [2.24, 2.45) is 0 Å². The summed E-state index contributed by atoms with van der Waals surface area (Å²) < 4.78 is 2.02. The molecular weight excluding hydrogens is 288 g/mol. The number of aromatic nitrogens is 2. The Hall–Kier alpha value is -1.17. The van der Waals surface area contributed by atoms with Crippen LogP contribution < -0.4 is 0 Å². The van der Waals surface area contributed by atoms with E-state index in [-0.39, 0.29) is 6.61 Å². The van der Waals surface area contributed by atoms with Crippen LogP contribution >= 0.6 is 0 Å². The zero-order valence-corrected chi connectivity index (χ0v) is 15.1. The number of rotatable bonds is 7. The van der Waals surface area contributed by atoms with Gasteiger partial charge >= 0.3 is 0 Å². The maximum atomic E-state index is 9.38. The average molecular weight is 320 g/mol. The Kier molecular flexibility index (Phi) is 6.81. The van der Waals surface area contributed by atoms with Gasteiger partial charge in [-0.25, -0.2) is 0 Å². The standard InChI is InChI=1S/C18H32N4O/c1-15(2)5-7-21-9-8-20(14-18(21)6-10-23)12-17-11-19-22(13-17)16(3)4/h5,11,13,16,18,23H,6-10,12,14H2,1-4H3/t18-/m0/s1. The topological polar surface area (TPSA) is 44.5 Å². The van der Waals surface area contributed by atoms with Gasteiger partial charge in [-0.15, -0.1) is 0 Å². The summed E-state index contributed by atoms with van der Waals surface area (Å²) in [6.45, 7) is 13.9. The van der Waals surface area contributed by atoms with Crippen LogP contribution in [-0.4, -0.2) is 63.5 Å². The SMILES string of the molecule is CC(C)=CCN1CCN(Cc2cnn(C(C)C)c2)C[C@@H]1CCO. The Morgan fingerprint density at radius 1 is 1.39 bits per heavy atom. The van der Waals surface area contributed by atoms with Crippen LogP contribution in [0.2, 0.25) is 0 Å². The number of piperazine rings is 1. The molecule has 1 aliphatic rings. The molecular formula is C18H32N4O. The van der Waals surface area contributed by atoms with Gasteiger partial charge in [0, 0.05) is 63.2 Å². The van der Waals surface area contributed by atoms with Crippen molar-refractivity contribution in [1.82, 2.24) is 19.6 Å². The third kappa shape index (κ3) is 5.44. The first-order valence-corrected chi connectivity index (χ1v) is 8.73. The lowest BCUT2D eigenvalue weighted by molar-refractivity contribution is 0.0636. The monoisotopic (exact) mass is 320 g/mol. The van der Waals surface area contributed by atoms with E-state index in [1.54, 1.807) is 0 Å². The molecule has 1 N–H and O–H groups in total. The molecule has 1 saturated heterocycles. The van der Waals surface area contributed by atoms with Crippen molar-refractivity contribution in [3.8, 4) is 0 Å². The summed E-state index contributed by atoms with van der Waals surface area (Å²) in [6.07, 6.45) is 7.27. The molecule has 5 heteroatoms. The van der Waals surface area contributed by atoms with Crippen molar-refractivity contribution >= 4 is 0 Å². The molecule has 0 radical (unpaired) electrons. The van der Waals surface area contributed by atoms with Crippen LogP contribution in [0.5, 0.6) is 0 Å². The number of hydrogen-bond acceptors (Lipinski definition) is 4. The second-order valence-corrected chi connectivity index (χ2v) is 7.10. The normalized spacial score (nSPS) is 20.2. The van der Waals surface area contributed by atoms with E-state index in [1.165, 1.54) is 11.1 Å². The summed E-state index contributed by atoms with van der Waals surface area (Å²) >= 11 is 0. The molecule has 1 atom stereocenters. The van der Waals surface area contributed by atoms with E-state index >= 15 is 0 Å². The quantitative estimate of drug-likeness (QED) is 0.783. The molecule has 2 heterocycles. The molecule has 0 aromatic carbocycles. The zero-order valence-electron chi connectivity index (χ0n) is 15.1. The molecule has 1 aromatic rings. The Morgan fingerprint density at radius 3 is 2.78 bits per heavy atom. The molecule has 5 nitrogen and oxygen atoms in total. The van der Waals surface area contributed by atoms with E-state index in [4.69, 9.17) is 0 Å². The highest BCUT2D eigenvalue weighted by Crippen LogP contribution is 2.16. The van der Waals surface area contributed by atoms with E-state index in [0.29, 0.717) is 12.1 Å². The van der Waals surface area contributed by atoms with Gasteiger partial charge in [-0.05, 0) is 34.1 Å². The molecule has 0 saturated carbocycles. The van der Waals surface area contributed by atoms with Gasteiger partial charge in [0.05, 0.1) is 6.20 Å². The van der Waals surface area contributed by atoms with E-state index in [1.807, 2.05) is 10.9 Å². The third-order valence-electron chi connectivity index (χ3n) is 4.48. The zero-order chi connectivity index (χ0) is 16.8. The smallest absolute Gasteiger partial charge is 0.0534 e. The fourth-order valence-electron chi connectivity index (χ4n) is 3.06. The lowest BCUT2D eigenvalue weighted by Gasteiger charge is -2.41. The van der Waals surface area contributed by atoms with Crippen LogP contribution in [0.1, 0.15) is 45.7 Å². The highest BCUT2D eigenvalue weighted by molar-refractivity contribution is 5.05. The van der Waals surface area contributed by atoms with Gasteiger partial charge in [-0.1, -0.05) is 11.6 Å². The molecule has 1 fully saturated rings. The average Bonchev–Trinajstić information content (AvgIpc) is 2.95. The Morgan fingerprint density at radius 2 is 2.17 bits per heavy atom. The highest BCUT2D eigenvalue weighted by atomic mass is 16.3. The molecule has 2 rings (SSSR count). The summed E-state index contributed by atoms with van der Waals surface area (Å²) in [5.74, 6) is 0. The van der Waals surface area contributed by atoms with Gasteiger partial charge in [0.1, 0.15) is 0 Å². The Balaban J connectivity index is 1.93. The Labute approximate surface area is 140 Å². The lowest BCUT2D eigenvalue weighted by Crippen LogP contribution is -2.53. The second-order valence-electron chi connectivity index (χ2n) is 7.10. The summed E-state index contributed by atoms with van der Waals surface area (Å²) in [4.78, 5) is 4.98. The molecule has 0 amide bonds. The van der Waals surface area contributed by atoms with Gasteiger partial charge in [0.25, 0.3) is 0 Å². The largest absolute Gasteiger partial charge is 0.396 e. The third-order valence-corrected chi connectivity index (χ3v) is 4.48. The van der Waals surface area contributed by atoms with Crippen molar-refractivity contribution in [3.63, 3.8) is 0 Å². The van der Waals surface area contributed by atoms with Crippen molar-refractivity contribution in [2.45, 2.75) is 52.7 Å². The van der Waals surface area contributed by atoms with Gasteiger partial charge in [-0.3, -0.25) is 14.5 Å². The molecule has 0 spiro atoms. The number of allylic oxidation sites excluding steroid dienone is 1. The minimum atomic E-state index is 0.259. The van der Waals surface area contributed by atoms with Gasteiger partial charge in [-0.2, -0.15) is 5.10 Å². The predicted molar refractivity (Wildman–Crippen MR) is 94.4 cm³/mol. The summed E-state index contributed by atoms with van der Waals surface area (Å²) in [7, 11) is 0. The highest BCUT2D eigenvalue weighted by Gasteiger charge is 2.26. The van der Waals surface area contributed by atoms with E-state index in [0.717, 1.165) is 39.1 Å². The number of nitrogens with zero attached hydrogens (tertiary/aromatic N) is 4. The van der Waals surface area contributed by atoms with Crippen LogP contribution in [-0.2, 0) is 6.54 Å². The maximum Gasteiger partial charge on any atom is 0.0534 e. The molecule has 23 heavy (non-hydrogen) atoms. The van der Waals surface area contributed by atoms with Crippen LogP contribution in [0, 0.1) is 0 Å². The first-order chi connectivity index (χ1) is 11.0. The minimum Gasteiger partial charge on any atom is -0.396 e. The van der Waals surface area contributed by atoms with E-state index in [2.05, 4.69) is 54.9 Å². The van der Waals surface area contributed by atoms with Crippen LogP contribution in [0.4, 0.5) is 0 Å². The number of aliphatic hydroxyl groups is 1. The minimum absolute atomic E-state index is 0.259. The second kappa shape index (κ2) is 8.62. The van der Waals surface area contributed by atoms with Crippen molar-refractivity contribution in [1.29, 1.82) is 0 Å². The first kappa shape index (κ1) is 18.2. The van der Waals surface area contributed by atoms with Gasteiger partial charge < -0.3 is 5.11 Å². The molecule has 1 aliphatic heterocycles. The first-order valence-electron chi connectivity index (χ1n) is 8.73. The van der Waals surface area contributed by atoms with Crippen molar-refractivity contribution < 1.29 is 5.11 Å². The van der Waals surface area contributed by atoms with Gasteiger partial charge in [0.2, 0.25) is 0 Å². The summed E-state index contributed by atoms with van der Waals surface area (Å²) in [6, 6.07) is 0.844. The van der Waals surface area contributed by atoms with Crippen molar-refractivity contribution in [2.75, 3.05) is 32.8 Å². The molecule has 1 aromatic heterocycles. The molecule has 0 aliphatic carbocycles. The summed E-state index contributed by atoms with van der Waals surface area (Å²) in [5.41, 5.74) is 2.63. The van der Waals surface area contributed by atoms with E-state index in [9.17, 15) is 5.11 Å². The number of aliphatic hydroxyl groups excluding tert-OH is 1. The maximum absolute atomic E-state index is 9.38. The van der Waals surface area contributed by atoms with Crippen LogP contribution in [0.15, 0.2) is 24.0 Å². The Bertz CT molecular complexity index is 505.